The number of hydrogen-bond donors (Lipinski definition) is 0. The van der Waals surface area contributed by atoms with Crippen LogP contribution in [0.3, 0.4) is 0 Å². The fourth-order valence-corrected chi connectivity index (χ4v) is 2.98. The van der Waals surface area contributed by atoms with Crippen molar-refractivity contribution in [1.29, 1.82) is 0 Å². The summed E-state index contributed by atoms with van der Waals surface area (Å²) in [6.45, 7) is 6.87. The molecule has 1 aromatic rings. The van der Waals surface area contributed by atoms with Gasteiger partial charge in [0, 0.05) is 32.6 Å². The monoisotopic (exact) mass is 294 g/mol. The first-order valence-electron chi connectivity index (χ1n) is 7.18. The first-order chi connectivity index (χ1) is 9.58. The lowest BCUT2D eigenvalue weighted by Crippen LogP contribution is -2.50. The smallest absolute Gasteiger partial charge is 0.264 e. The van der Waals surface area contributed by atoms with Crippen LogP contribution in [-0.4, -0.2) is 47.8 Å². The Morgan fingerprint density at radius 3 is 2.40 bits per heavy atom. The van der Waals surface area contributed by atoms with Crippen LogP contribution in [0.2, 0.25) is 0 Å². The summed E-state index contributed by atoms with van der Waals surface area (Å²) in [6, 6.07) is 3.75. The first kappa shape index (κ1) is 15.0. The van der Waals surface area contributed by atoms with E-state index in [1.807, 2.05) is 27.3 Å². The molecule has 1 aliphatic heterocycles. The molecule has 2 amide bonds. The number of hydrogen-bond acceptors (Lipinski definition) is 3. The van der Waals surface area contributed by atoms with Gasteiger partial charge in [0.25, 0.3) is 5.91 Å². The molecule has 0 aliphatic carbocycles. The minimum Gasteiger partial charge on any atom is -0.339 e. The van der Waals surface area contributed by atoms with E-state index in [0.29, 0.717) is 38.5 Å². The van der Waals surface area contributed by atoms with Crippen molar-refractivity contribution in [2.45, 2.75) is 26.7 Å². The number of carbonyl (C=O) groups is 2. The van der Waals surface area contributed by atoms with E-state index in [9.17, 15) is 9.59 Å². The molecule has 110 valence electrons. The lowest BCUT2D eigenvalue weighted by molar-refractivity contribution is -0.132. The predicted molar refractivity (Wildman–Crippen MR) is 80.9 cm³/mol. The highest BCUT2D eigenvalue weighted by Gasteiger charge is 2.24. The third-order valence-corrected chi connectivity index (χ3v) is 4.44. The zero-order valence-electron chi connectivity index (χ0n) is 12.2. The largest absolute Gasteiger partial charge is 0.339 e. The van der Waals surface area contributed by atoms with Crippen LogP contribution < -0.4 is 0 Å². The van der Waals surface area contributed by atoms with Gasteiger partial charge < -0.3 is 9.80 Å². The van der Waals surface area contributed by atoms with E-state index in [2.05, 4.69) is 13.8 Å². The Kier molecular flexibility index (Phi) is 5.17. The van der Waals surface area contributed by atoms with Gasteiger partial charge in [-0.2, -0.15) is 0 Å². The molecule has 1 aliphatic rings. The summed E-state index contributed by atoms with van der Waals surface area (Å²) in [6.07, 6.45) is 1.56. The summed E-state index contributed by atoms with van der Waals surface area (Å²) >= 11 is 1.47. The number of carbonyl (C=O) groups excluding carboxylic acids is 2. The van der Waals surface area contributed by atoms with Gasteiger partial charge in [0.05, 0.1) is 4.88 Å². The average molecular weight is 294 g/mol. The van der Waals surface area contributed by atoms with E-state index < -0.39 is 0 Å². The van der Waals surface area contributed by atoms with Gasteiger partial charge in [-0.1, -0.05) is 19.9 Å². The molecule has 2 rings (SSSR count). The molecule has 0 saturated carbocycles. The van der Waals surface area contributed by atoms with Crippen LogP contribution >= 0.6 is 11.3 Å². The van der Waals surface area contributed by atoms with E-state index in [-0.39, 0.29) is 11.8 Å². The molecular formula is C15H22N2O2S. The Hall–Kier alpha value is -1.36. The second kappa shape index (κ2) is 6.88. The van der Waals surface area contributed by atoms with Gasteiger partial charge >= 0.3 is 0 Å². The predicted octanol–water partition coefficient (Wildman–Crippen LogP) is 2.47. The van der Waals surface area contributed by atoms with Gasteiger partial charge in [-0.25, -0.2) is 0 Å². The van der Waals surface area contributed by atoms with Gasteiger partial charge in [0.15, 0.2) is 0 Å². The molecule has 5 heteroatoms. The lowest BCUT2D eigenvalue weighted by Gasteiger charge is -2.34. The van der Waals surface area contributed by atoms with Crippen molar-refractivity contribution in [1.82, 2.24) is 9.80 Å². The fourth-order valence-electron chi connectivity index (χ4n) is 2.29. The van der Waals surface area contributed by atoms with Crippen molar-refractivity contribution in [3.05, 3.63) is 22.4 Å². The maximum atomic E-state index is 12.2. The van der Waals surface area contributed by atoms with Gasteiger partial charge in [-0.15, -0.1) is 11.3 Å². The van der Waals surface area contributed by atoms with Crippen molar-refractivity contribution in [2.75, 3.05) is 26.2 Å². The van der Waals surface area contributed by atoms with E-state index >= 15 is 0 Å². The minimum atomic E-state index is 0.0919. The summed E-state index contributed by atoms with van der Waals surface area (Å²) in [7, 11) is 0. The SMILES string of the molecule is CC(C)CCC(=O)N1CCN(C(=O)c2cccs2)CC1. The molecule has 0 aromatic carbocycles. The molecular weight excluding hydrogens is 272 g/mol. The third kappa shape index (κ3) is 3.82. The minimum absolute atomic E-state index is 0.0919. The molecule has 0 spiro atoms. The highest BCUT2D eigenvalue weighted by molar-refractivity contribution is 7.12. The molecule has 1 aromatic heterocycles. The molecule has 4 nitrogen and oxygen atoms in total. The van der Waals surface area contributed by atoms with Crippen molar-refractivity contribution in [3.8, 4) is 0 Å². The Bertz CT molecular complexity index is 448. The fraction of sp³-hybridized carbons (Fsp3) is 0.600. The summed E-state index contributed by atoms with van der Waals surface area (Å²) in [5.41, 5.74) is 0. The summed E-state index contributed by atoms with van der Waals surface area (Å²) in [4.78, 5) is 28.7. The molecule has 2 heterocycles. The highest BCUT2D eigenvalue weighted by atomic mass is 32.1. The molecule has 0 unspecified atom stereocenters. The van der Waals surface area contributed by atoms with Crippen molar-refractivity contribution >= 4 is 23.2 Å². The molecule has 0 bridgehead atoms. The Labute approximate surface area is 124 Å². The zero-order chi connectivity index (χ0) is 14.5. The van der Waals surface area contributed by atoms with Gasteiger partial charge in [0.2, 0.25) is 5.91 Å². The van der Waals surface area contributed by atoms with E-state index in [1.165, 1.54) is 11.3 Å². The molecule has 0 N–H and O–H groups in total. The second-order valence-corrected chi connectivity index (χ2v) is 6.53. The average Bonchev–Trinajstić information content (AvgIpc) is 2.98. The maximum absolute atomic E-state index is 12.2. The van der Waals surface area contributed by atoms with E-state index in [1.54, 1.807) is 0 Å². The third-order valence-electron chi connectivity index (χ3n) is 3.59. The maximum Gasteiger partial charge on any atom is 0.264 e. The van der Waals surface area contributed by atoms with Crippen LogP contribution in [0.4, 0.5) is 0 Å². The number of thiophene rings is 1. The highest BCUT2D eigenvalue weighted by Crippen LogP contribution is 2.15. The van der Waals surface area contributed by atoms with E-state index in [4.69, 9.17) is 0 Å². The van der Waals surface area contributed by atoms with Crippen molar-refractivity contribution < 1.29 is 9.59 Å². The summed E-state index contributed by atoms with van der Waals surface area (Å²) in [5.74, 6) is 0.872. The number of nitrogens with zero attached hydrogens (tertiary/aromatic N) is 2. The molecule has 1 saturated heterocycles. The summed E-state index contributed by atoms with van der Waals surface area (Å²) in [5, 5.41) is 1.92. The summed E-state index contributed by atoms with van der Waals surface area (Å²) < 4.78 is 0. The molecule has 1 fully saturated rings. The van der Waals surface area contributed by atoms with Crippen LogP contribution in [0.25, 0.3) is 0 Å². The van der Waals surface area contributed by atoms with Crippen LogP contribution in [-0.2, 0) is 4.79 Å². The van der Waals surface area contributed by atoms with Gasteiger partial charge in [-0.05, 0) is 23.8 Å². The van der Waals surface area contributed by atoms with Crippen molar-refractivity contribution in [3.63, 3.8) is 0 Å². The van der Waals surface area contributed by atoms with E-state index in [0.717, 1.165) is 11.3 Å². The second-order valence-electron chi connectivity index (χ2n) is 5.58. The van der Waals surface area contributed by atoms with Crippen molar-refractivity contribution in [2.24, 2.45) is 5.92 Å². The molecule has 20 heavy (non-hydrogen) atoms. The topological polar surface area (TPSA) is 40.6 Å². The van der Waals surface area contributed by atoms with Gasteiger partial charge in [0.1, 0.15) is 0 Å². The van der Waals surface area contributed by atoms with Crippen LogP contribution in [0.5, 0.6) is 0 Å². The number of rotatable bonds is 4. The number of piperazine rings is 1. The normalized spacial score (nSPS) is 15.8. The quantitative estimate of drug-likeness (QED) is 0.856. The van der Waals surface area contributed by atoms with Gasteiger partial charge in [-0.3, -0.25) is 9.59 Å². The molecule has 0 atom stereocenters. The van der Waals surface area contributed by atoms with Crippen LogP contribution in [0, 0.1) is 5.92 Å². The lowest BCUT2D eigenvalue weighted by atomic mass is 10.1. The number of amides is 2. The van der Waals surface area contributed by atoms with Crippen LogP contribution in [0.1, 0.15) is 36.4 Å². The Morgan fingerprint density at radius 2 is 1.85 bits per heavy atom. The molecule has 0 radical (unpaired) electrons. The van der Waals surface area contributed by atoms with Crippen LogP contribution in [0.15, 0.2) is 17.5 Å². The Morgan fingerprint density at radius 1 is 1.20 bits per heavy atom. The zero-order valence-corrected chi connectivity index (χ0v) is 13.0. The Balaban J connectivity index is 1.80. The standard InChI is InChI=1S/C15H22N2O2S/c1-12(2)5-6-14(18)16-7-9-17(10-8-16)15(19)13-4-3-11-20-13/h3-4,11-12H,5-10H2,1-2H3. The first-order valence-corrected chi connectivity index (χ1v) is 8.06.